The minimum Gasteiger partial charge on any atom is -0.355 e. The number of hydrogen-bond acceptors (Lipinski definition) is 1. The maximum Gasteiger partial charge on any atom is 0.0465 e. The quantitative estimate of drug-likeness (QED) is 0.193. The van der Waals surface area contributed by atoms with Crippen molar-refractivity contribution in [3.63, 3.8) is 0 Å². The van der Waals surface area contributed by atoms with E-state index in [1.54, 1.807) is 0 Å². The van der Waals surface area contributed by atoms with Crippen LogP contribution < -0.4 is 5.32 Å². The minimum absolute atomic E-state index is 1.05. The molecule has 2 nitrogen and oxygen atoms in total. The van der Waals surface area contributed by atoms with E-state index in [4.69, 9.17) is 0 Å². The Hall–Kier alpha value is -6.12. The van der Waals surface area contributed by atoms with Crippen LogP contribution in [0.1, 0.15) is 0 Å². The third-order valence-electron chi connectivity index (χ3n) is 9.19. The molecule has 8 aromatic carbocycles. The van der Waals surface area contributed by atoms with Gasteiger partial charge in [-0.15, -0.1) is 0 Å². The number of para-hydroxylation sites is 2. The Morgan fingerprint density at radius 2 is 0.848 bits per heavy atom. The molecule has 1 aromatic heterocycles. The van der Waals surface area contributed by atoms with Crippen molar-refractivity contribution >= 4 is 54.7 Å². The first kappa shape index (κ1) is 26.3. The number of anilines is 2. The average Bonchev–Trinajstić information content (AvgIpc) is 3.50. The van der Waals surface area contributed by atoms with Crippen LogP contribution in [0.15, 0.2) is 170 Å². The van der Waals surface area contributed by atoms with Crippen LogP contribution in [-0.4, -0.2) is 4.98 Å². The molecule has 9 aromatic rings. The molecular weight excluding hydrogens is 556 g/mol. The largest absolute Gasteiger partial charge is 0.355 e. The Morgan fingerprint density at radius 1 is 0.348 bits per heavy atom. The summed E-state index contributed by atoms with van der Waals surface area (Å²) in [4.78, 5) is 3.55. The van der Waals surface area contributed by atoms with Gasteiger partial charge in [0.25, 0.3) is 0 Å². The first-order valence-corrected chi connectivity index (χ1v) is 15.8. The molecule has 1 heterocycles. The Balaban J connectivity index is 1.12. The Kier molecular flexibility index (Phi) is 6.17. The van der Waals surface area contributed by atoms with E-state index in [-0.39, 0.29) is 0 Å². The highest BCUT2D eigenvalue weighted by Gasteiger charge is 2.16. The number of H-pyrrole nitrogens is 1. The third kappa shape index (κ3) is 4.35. The third-order valence-corrected chi connectivity index (χ3v) is 9.19. The molecule has 2 heteroatoms. The molecule has 216 valence electrons. The predicted molar refractivity (Wildman–Crippen MR) is 197 cm³/mol. The average molecular weight is 587 g/mol. The number of hydrogen-bond donors (Lipinski definition) is 2. The van der Waals surface area contributed by atoms with Gasteiger partial charge in [-0.2, -0.15) is 0 Å². The summed E-state index contributed by atoms with van der Waals surface area (Å²) in [6, 6.07) is 61.0. The normalized spacial score (nSPS) is 11.5. The van der Waals surface area contributed by atoms with Gasteiger partial charge in [-0.3, -0.25) is 0 Å². The van der Waals surface area contributed by atoms with Gasteiger partial charge in [0, 0.05) is 38.7 Å². The monoisotopic (exact) mass is 586 g/mol. The van der Waals surface area contributed by atoms with Crippen molar-refractivity contribution in [3.05, 3.63) is 170 Å². The summed E-state index contributed by atoms with van der Waals surface area (Å²) < 4.78 is 0. The SMILES string of the molecule is c1ccc(-c2c3ccccc3c(-c3ccc(Nc4ccccc4-c4ccc5[nH]c6ccccc6c5c4)cc3)c3ccccc23)cc1. The molecule has 0 aliphatic rings. The summed E-state index contributed by atoms with van der Waals surface area (Å²) in [6.07, 6.45) is 0. The molecule has 0 unspecified atom stereocenters. The second-order valence-electron chi connectivity index (χ2n) is 11.9. The molecule has 0 aliphatic carbocycles. The van der Waals surface area contributed by atoms with Crippen molar-refractivity contribution in [1.29, 1.82) is 0 Å². The zero-order valence-electron chi connectivity index (χ0n) is 25.2. The maximum atomic E-state index is 3.73. The molecule has 0 spiro atoms. The van der Waals surface area contributed by atoms with E-state index in [2.05, 4.69) is 180 Å². The summed E-state index contributed by atoms with van der Waals surface area (Å²) in [5, 5.41) is 11.3. The summed E-state index contributed by atoms with van der Waals surface area (Å²) in [6.45, 7) is 0. The lowest BCUT2D eigenvalue weighted by Crippen LogP contribution is -1.94. The molecule has 0 amide bonds. The maximum absolute atomic E-state index is 3.73. The molecule has 0 radical (unpaired) electrons. The Bertz CT molecular complexity index is 2480. The van der Waals surface area contributed by atoms with E-state index in [0.717, 1.165) is 22.4 Å². The summed E-state index contributed by atoms with van der Waals surface area (Å²) in [7, 11) is 0. The van der Waals surface area contributed by atoms with Crippen molar-refractivity contribution < 1.29 is 0 Å². The zero-order chi connectivity index (χ0) is 30.5. The van der Waals surface area contributed by atoms with Crippen LogP contribution in [-0.2, 0) is 0 Å². The lowest BCUT2D eigenvalue weighted by atomic mass is 9.86. The van der Waals surface area contributed by atoms with Crippen molar-refractivity contribution in [1.82, 2.24) is 4.98 Å². The highest BCUT2D eigenvalue weighted by Crippen LogP contribution is 2.44. The fourth-order valence-electron chi connectivity index (χ4n) is 7.09. The number of nitrogens with one attached hydrogen (secondary N) is 2. The van der Waals surface area contributed by atoms with Crippen LogP contribution >= 0.6 is 0 Å². The number of aromatic amines is 1. The number of aromatic nitrogens is 1. The van der Waals surface area contributed by atoms with Crippen LogP contribution in [0.5, 0.6) is 0 Å². The van der Waals surface area contributed by atoms with Gasteiger partial charge in [-0.25, -0.2) is 0 Å². The summed E-state index contributed by atoms with van der Waals surface area (Å²) in [5.41, 5.74) is 11.8. The van der Waals surface area contributed by atoms with Crippen molar-refractivity contribution in [2.45, 2.75) is 0 Å². The van der Waals surface area contributed by atoms with E-state index < -0.39 is 0 Å². The van der Waals surface area contributed by atoms with E-state index >= 15 is 0 Å². The first-order chi connectivity index (χ1) is 22.8. The van der Waals surface area contributed by atoms with Crippen LogP contribution in [0.25, 0.3) is 76.7 Å². The predicted octanol–water partition coefficient (Wildman–Crippen LogP) is 12.4. The molecule has 0 aliphatic heterocycles. The van der Waals surface area contributed by atoms with Gasteiger partial charge in [0.05, 0.1) is 0 Å². The molecule has 0 saturated heterocycles. The highest BCUT2D eigenvalue weighted by atomic mass is 14.9. The smallest absolute Gasteiger partial charge is 0.0465 e. The van der Waals surface area contributed by atoms with Crippen molar-refractivity contribution in [3.8, 4) is 33.4 Å². The number of rotatable bonds is 5. The van der Waals surface area contributed by atoms with Gasteiger partial charge in [0.15, 0.2) is 0 Å². The topological polar surface area (TPSA) is 27.8 Å². The fraction of sp³-hybridized carbons (Fsp3) is 0. The number of benzene rings is 8. The molecule has 46 heavy (non-hydrogen) atoms. The van der Waals surface area contributed by atoms with Gasteiger partial charge in [-0.1, -0.05) is 133 Å². The van der Waals surface area contributed by atoms with Crippen LogP contribution in [0, 0.1) is 0 Å². The lowest BCUT2D eigenvalue weighted by molar-refractivity contribution is 1.53. The molecule has 0 atom stereocenters. The first-order valence-electron chi connectivity index (χ1n) is 15.8. The van der Waals surface area contributed by atoms with E-state index in [0.29, 0.717) is 0 Å². The number of fused-ring (bicyclic) bond motifs is 5. The van der Waals surface area contributed by atoms with Crippen LogP contribution in [0.2, 0.25) is 0 Å². The Morgan fingerprint density at radius 3 is 1.52 bits per heavy atom. The highest BCUT2D eigenvalue weighted by molar-refractivity contribution is 6.21. The minimum atomic E-state index is 1.05. The standard InChI is InChI=1S/C44H30N2/c1-2-12-29(13-3-1)43-35-16-4-6-18-37(35)44(38-19-7-5-17-36(38)43)30-22-25-32(26-23-30)45-40-20-10-8-14-33(40)31-24-27-42-39(28-31)34-15-9-11-21-41(34)46-42/h1-28,45-46H. The van der Waals surface area contributed by atoms with Crippen molar-refractivity contribution in [2.75, 3.05) is 5.32 Å². The van der Waals surface area contributed by atoms with Crippen molar-refractivity contribution in [2.24, 2.45) is 0 Å². The van der Waals surface area contributed by atoms with Gasteiger partial charge in [-0.05, 0) is 85.8 Å². The van der Waals surface area contributed by atoms with Gasteiger partial charge in [0.2, 0.25) is 0 Å². The molecule has 0 saturated carbocycles. The lowest BCUT2D eigenvalue weighted by Gasteiger charge is -2.18. The molecule has 0 bridgehead atoms. The second-order valence-corrected chi connectivity index (χ2v) is 11.9. The van der Waals surface area contributed by atoms with E-state index in [1.807, 2.05) is 0 Å². The van der Waals surface area contributed by atoms with Gasteiger partial charge in [0.1, 0.15) is 0 Å². The second kappa shape index (κ2) is 10.8. The molecule has 0 fully saturated rings. The van der Waals surface area contributed by atoms with Gasteiger partial charge >= 0.3 is 0 Å². The van der Waals surface area contributed by atoms with E-state index in [1.165, 1.54) is 65.7 Å². The Labute approximate surface area is 267 Å². The summed E-state index contributed by atoms with van der Waals surface area (Å²) in [5.74, 6) is 0. The molecule has 2 N–H and O–H groups in total. The fourth-order valence-corrected chi connectivity index (χ4v) is 7.09. The molecular formula is C44H30N2. The van der Waals surface area contributed by atoms with Crippen LogP contribution in [0.3, 0.4) is 0 Å². The van der Waals surface area contributed by atoms with Crippen LogP contribution in [0.4, 0.5) is 11.4 Å². The zero-order valence-corrected chi connectivity index (χ0v) is 25.2. The molecule has 9 rings (SSSR count). The van der Waals surface area contributed by atoms with E-state index in [9.17, 15) is 0 Å². The summed E-state index contributed by atoms with van der Waals surface area (Å²) >= 11 is 0. The van der Waals surface area contributed by atoms with Gasteiger partial charge < -0.3 is 10.3 Å².